The van der Waals surface area contributed by atoms with Crippen molar-refractivity contribution >= 4 is 11.6 Å². The third-order valence-electron chi connectivity index (χ3n) is 2.13. The van der Waals surface area contributed by atoms with Crippen molar-refractivity contribution in [3.05, 3.63) is 12.4 Å². The van der Waals surface area contributed by atoms with Crippen molar-refractivity contribution in [1.29, 1.82) is 0 Å². The van der Waals surface area contributed by atoms with Crippen LogP contribution >= 0.6 is 0 Å². The van der Waals surface area contributed by atoms with Crippen LogP contribution in [0.2, 0.25) is 0 Å². The Morgan fingerprint density at radius 3 is 1.61 bits per heavy atom. The second-order valence-electron chi connectivity index (χ2n) is 3.69. The molecule has 6 N–H and O–H groups in total. The molecule has 1 aromatic heterocycles. The van der Waals surface area contributed by atoms with E-state index in [1.807, 2.05) is 0 Å². The molecule has 0 aliphatic rings. The van der Waals surface area contributed by atoms with E-state index in [9.17, 15) is 10.2 Å². The van der Waals surface area contributed by atoms with Crippen LogP contribution in [0.1, 0.15) is 0 Å². The second-order valence-corrected chi connectivity index (χ2v) is 3.69. The van der Waals surface area contributed by atoms with Crippen LogP contribution in [0.4, 0.5) is 11.6 Å². The molecular weight excluding hydrogens is 240 g/mol. The Morgan fingerprint density at radius 2 is 1.28 bits per heavy atom. The molecule has 1 aromatic rings. The smallest absolute Gasteiger partial charge is 0.169 e. The number of hydrogen-bond acceptors (Lipinski definition) is 8. The van der Waals surface area contributed by atoms with Gasteiger partial charge in [0.15, 0.2) is 11.6 Å². The first-order chi connectivity index (χ1) is 8.67. The fourth-order valence-corrected chi connectivity index (χ4v) is 1.15. The lowest BCUT2D eigenvalue weighted by molar-refractivity contribution is 0.105. The van der Waals surface area contributed by atoms with Crippen molar-refractivity contribution in [3.8, 4) is 0 Å². The van der Waals surface area contributed by atoms with Crippen molar-refractivity contribution in [2.75, 3.05) is 36.9 Å². The summed E-state index contributed by atoms with van der Waals surface area (Å²) in [6, 6.07) is 0. The third kappa shape index (κ3) is 4.80. The highest BCUT2D eigenvalue weighted by atomic mass is 16.3. The molecular formula is C10H18N4O4. The predicted molar refractivity (Wildman–Crippen MR) is 65.2 cm³/mol. The van der Waals surface area contributed by atoms with E-state index in [0.717, 1.165) is 0 Å². The van der Waals surface area contributed by atoms with Crippen molar-refractivity contribution < 1.29 is 20.4 Å². The highest BCUT2D eigenvalue weighted by Crippen LogP contribution is 2.14. The number of nitrogens with one attached hydrogen (secondary N) is 2. The molecule has 0 radical (unpaired) electrons. The summed E-state index contributed by atoms with van der Waals surface area (Å²) < 4.78 is 0. The maximum absolute atomic E-state index is 9.21. The molecule has 1 rings (SSSR count). The molecule has 8 nitrogen and oxygen atoms in total. The first-order valence-corrected chi connectivity index (χ1v) is 5.54. The minimum atomic E-state index is -0.886. The van der Waals surface area contributed by atoms with E-state index in [1.54, 1.807) is 0 Å². The van der Waals surface area contributed by atoms with Crippen LogP contribution in [0, 0.1) is 0 Å². The van der Waals surface area contributed by atoms with Gasteiger partial charge in [-0.25, -0.2) is 9.97 Å². The van der Waals surface area contributed by atoms with Crippen LogP contribution in [0.25, 0.3) is 0 Å². The van der Waals surface area contributed by atoms with Crippen molar-refractivity contribution in [3.63, 3.8) is 0 Å². The maximum atomic E-state index is 9.21. The van der Waals surface area contributed by atoms with Crippen LogP contribution in [0.5, 0.6) is 0 Å². The topological polar surface area (TPSA) is 131 Å². The van der Waals surface area contributed by atoms with Crippen molar-refractivity contribution in [2.45, 2.75) is 12.2 Å². The molecule has 0 saturated heterocycles. The van der Waals surface area contributed by atoms with Gasteiger partial charge in [0, 0.05) is 25.5 Å². The Morgan fingerprint density at radius 1 is 0.889 bits per heavy atom. The lowest BCUT2D eigenvalue weighted by atomic mass is 10.3. The largest absolute Gasteiger partial charge is 0.394 e. The van der Waals surface area contributed by atoms with Gasteiger partial charge < -0.3 is 31.1 Å². The standard InChI is InChI=1S/C10H18N4O4/c15-5-7(17)3-13-9-10(12-2-1-11-9)14-4-8(18)6-16/h1-2,7-8,15-18H,3-6H2,(H,11,13)(H,12,14). The molecule has 8 heteroatoms. The molecule has 0 amide bonds. The highest BCUT2D eigenvalue weighted by molar-refractivity contribution is 5.58. The van der Waals surface area contributed by atoms with Gasteiger partial charge in [-0.15, -0.1) is 0 Å². The zero-order valence-corrected chi connectivity index (χ0v) is 9.82. The molecule has 0 aliphatic carbocycles. The molecule has 0 aromatic carbocycles. The SMILES string of the molecule is OCC(O)CNc1nccnc1NCC(O)CO. The molecule has 0 bridgehead atoms. The quantitative estimate of drug-likeness (QED) is 0.316. The Bertz CT molecular complexity index is 319. The van der Waals surface area contributed by atoms with Gasteiger partial charge in [-0.05, 0) is 0 Å². The molecule has 0 aliphatic heterocycles. The Kier molecular flexibility index (Phi) is 6.29. The second kappa shape index (κ2) is 7.77. The van der Waals surface area contributed by atoms with E-state index < -0.39 is 12.2 Å². The summed E-state index contributed by atoms with van der Waals surface area (Å²) in [7, 11) is 0. The van der Waals surface area contributed by atoms with E-state index in [4.69, 9.17) is 10.2 Å². The number of anilines is 2. The van der Waals surface area contributed by atoms with Gasteiger partial charge in [-0.2, -0.15) is 0 Å². The van der Waals surface area contributed by atoms with Crippen LogP contribution in [0.3, 0.4) is 0 Å². The van der Waals surface area contributed by atoms with E-state index >= 15 is 0 Å². The van der Waals surface area contributed by atoms with Gasteiger partial charge in [-0.1, -0.05) is 0 Å². The molecule has 2 atom stereocenters. The fourth-order valence-electron chi connectivity index (χ4n) is 1.15. The fraction of sp³-hybridized carbons (Fsp3) is 0.600. The molecule has 0 fully saturated rings. The molecule has 2 unspecified atom stereocenters. The maximum Gasteiger partial charge on any atom is 0.169 e. The van der Waals surface area contributed by atoms with E-state index in [2.05, 4.69) is 20.6 Å². The lowest BCUT2D eigenvalue weighted by Gasteiger charge is -2.14. The zero-order valence-electron chi connectivity index (χ0n) is 9.82. The van der Waals surface area contributed by atoms with Crippen LogP contribution in [0.15, 0.2) is 12.4 Å². The molecule has 18 heavy (non-hydrogen) atoms. The first-order valence-electron chi connectivity index (χ1n) is 5.54. The average molecular weight is 258 g/mol. The van der Waals surface area contributed by atoms with Gasteiger partial charge in [0.05, 0.1) is 25.4 Å². The Balaban J connectivity index is 2.56. The van der Waals surface area contributed by atoms with Gasteiger partial charge in [-0.3, -0.25) is 0 Å². The van der Waals surface area contributed by atoms with Crippen LogP contribution in [-0.4, -0.2) is 68.9 Å². The van der Waals surface area contributed by atoms with Crippen molar-refractivity contribution in [1.82, 2.24) is 9.97 Å². The average Bonchev–Trinajstić information content (AvgIpc) is 2.42. The molecule has 0 saturated carbocycles. The first kappa shape index (κ1) is 14.6. The predicted octanol–water partition coefficient (Wildman–Crippen LogP) is -1.99. The summed E-state index contributed by atoms with van der Waals surface area (Å²) in [5.74, 6) is 0.797. The normalized spacial score (nSPS) is 14.0. The van der Waals surface area contributed by atoms with Crippen molar-refractivity contribution in [2.24, 2.45) is 0 Å². The number of hydrogen-bond donors (Lipinski definition) is 6. The summed E-state index contributed by atoms with van der Waals surface area (Å²) in [5, 5.41) is 41.4. The minimum absolute atomic E-state index is 0.131. The summed E-state index contributed by atoms with van der Waals surface area (Å²) in [6.07, 6.45) is 1.17. The number of nitrogens with zero attached hydrogens (tertiary/aromatic N) is 2. The molecule has 0 spiro atoms. The molecule has 1 heterocycles. The van der Waals surface area contributed by atoms with Gasteiger partial charge in [0.1, 0.15) is 0 Å². The van der Waals surface area contributed by atoms with E-state index in [0.29, 0.717) is 11.6 Å². The molecule has 102 valence electrons. The summed E-state index contributed by atoms with van der Waals surface area (Å²) in [4.78, 5) is 8.03. The number of rotatable bonds is 8. The van der Waals surface area contributed by atoms with Gasteiger partial charge >= 0.3 is 0 Å². The summed E-state index contributed by atoms with van der Waals surface area (Å²) in [6.45, 7) is -0.433. The van der Waals surface area contributed by atoms with E-state index in [-0.39, 0.29) is 26.3 Å². The third-order valence-corrected chi connectivity index (χ3v) is 2.13. The van der Waals surface area contributed by atoms with Gasteiger partial charge in [0.25, 0.3) is 0 Å². The number of aromatic nitrogens is 2. The summed E-state index contributed by atoms with van der Waals surface area (Å²) >= 11 is 0. The highest BCUT2D eigenvalue weighted by Gasteiger charge is 2.09. The van der Waals surface area contributed by atoms with Crippen LogP contribution in [-0.2, 0) is 0 Å². The number of aliphatic hydroxyl groups excluding tert-OH is 4. The summed E-state index contributed by atoms with van der Waals surface area (Å²) in [5.41, 5.74) is 0. The van der Waals surface area contributed by atoms with Crippen LogP contribution < -0.4 is 10.6 Å². The van der Waals surface area contributed by atoms with E-state index in [1.165, 1.54) is 12.4 Å². The minimum Gasteiger partial charge on any atom is -0.394 e. The van der Waals surface area contributed by atoms with Gasteiger partial charge in [0.2, 0.25) is 0 Å². The zero-order chi connectivity index (χ0) is 13.4. The lowest BCUT2D eigenvalue weighted by Crippen LogP contribution is -2.26. The Labute approximate surface area is 104 Å². The monoisotopic (exact) mass is 258 g/mol. The number of aliphatic hydroxyl groups is 4. The Hall–Kier alpha value is -1.48.